The van der Waals surface area contributed by atoms with E-state index in [1.165, 1.54) is 24.2 Å². The number of hydrogen-bond acceptors (Lipinski definition) is 2. The lowest BCUT2D eigenvalue weighted by molar-refractivity contribution is 0.432. The van der Waals surface area contributed by atoms with Crippen LogP contribution in [0.3, 0.4) is 0 Å². The Kier molecular flexibility index (Phi) is 5.07. The molecule has 1 saturated carbocycles. The highest BCUT2D eigenvalue weighted by Crippen LogP contribution is 2.38. The smallest absolute Gasteiger partial charge is 0.123 e. The lowest BCUT2D eigenvalue weighted by atomic mass is 10.1. The van der Waals surface area contributed by atoms with Crippen molar-refractivity contribution in [3.8, 4) is 0 Å². The van der Waals surface area contributed by atoms with Gasteiger partial charge in [0.2, 0.25) is 0 Å². The third kappa shape index (κ3) is 3.48. The summed E-state index contributed by atoms with van der Waals surface area (Å²) in [5.41, 5.74) is 0. The van der Waals surface area contributed by atoms with Crippen molar-refractivity contribution >= 4 is 11.8 Å². The number of benzene rings is 1. The molecule has 0 spiro atoms. The van der Waals surface area contributed by atoms with E-state index in [2.05, 4.69) is 19.2 Å². The van der Waals surface area contributed by atoms with E-state index in [1.54, 1.807) is 12.1 Å². The molecule has 18 heavy (non-hydrogen) atoms. The standard InChI is InChI=1S/C15H22FNS/c1-3-10-17-14-8-9-15(11(14)2)18-13-6-4-12(16)5-7-13/h4-7,11,14-15,17H,3,8-10H2,1-2H3. The molecule has 0 aliphatic heterocycles. The molecule has 1 N–H and O–H groups in total. The summed E-state index contributed by atoms with van der Waals surface area (Å²) in [5.74, 6) is 0.535. The number of halogens is 1. The van der Waals surface area contributed by atoms with Crippen molar-refractivity contribution in [1.29, 1.82) is 0 Å². The molecule has 3 atom stereocenters. The van der Waals surface area contributed by atoms with Gasteiger partial charge in [-0.3, -0.25) is 0 Å². The second-order valence-corrected chi connectivity index (χ2v) is 6.42. The molecule has 0 radical (unpaired) electrons. The molecular weight excluding hydrogens is 245 g/mol. The minimum absolute atomic E-state index is 0.152. The molecular formula is C15H22FNS. The molecule has 1 aliphatic rings. The average Bonchev–Trinajstić information content (AvgIpc) is 2.71. The molecule has 3 unspecified atom stereocenters. The van der Waals surface area contributed by atoms with E-state index in [0.717, 1.165) is 6.54 Å². The maximum Gasteiger partial charge on any atom is 0.123 e. The molecule has 1 nitrogen and oxygen atoms in total. The van der Waals surface area contributed by atoms with E-state index in [1.807, 2.05) is 23.9 Å². The van der Waals surface area contributed by atoms with E-state index < -0.39 is 0 Å². The van der Waals surface area contributed by atoms with Crippen molar-refractivity contribution in [2.45, 2.75) is 49.3 Å². The van der Waals surface area contributed by atoms with Crippen molar-refractivity contribution in [2.75, 3.05) is 6.54 Å². The van der Waals surface area contributed by atoms with E-state index in [9.17, 15) is 4.39 Å². The Labute approximate surface area is 114 Å². The SMILES string of the molecule is CCCNC1CCC(Sc2ccc(F)cc2)C1C. The zero-order chi connectivity index (χ0) is 13.0. The Morgan fingerprint density at radius 1 is 1.28 bits per heavy atom. The van der Waals surface area contributed by atoms with Gasteiger partial charge in [0.15, 0.2) is 0 Å². The van der Waals surface area contributed by atoms with Crippen molar-refractivity contribution in [2.24, 2.45) is 5.92 Å². The van der Waals surface area contributed by atoms with Gasteiger partial charge in [-0.2, -0.15) is 0 Å². The van der Waals surface area contributed by atoms with Crippen LogP contribution >= 0.6 is 11.8 Å². The summed E-state index contributed by atoms with van der Waals surface area (Å²) in [5, 5.41) is 4.29. The number of rotatable bonds is 5. The second-order valence-electron chi connectivity index (χ2n) is 5.11. The van der Waals surface area contributed by atoms with E-state index in [-0.39, 0.29) is 5.82 Å². The van der Waals surface area contributed by atoms with Gasteiger partial charge in [-0.15, -0.1) is 11.8 Å². The zero-order valence-corrected chi connectivity index (χ0v) is 12.0. The summed E-state index contributed by atoms with van der Waals surface area (Å²) in [4.78, 5) is 1.18. The highest BCUT2D eigenvalue weighted by Gasteiger charge is 2.32. The maximum atomic E-state index is 12.9. The Balaban J connectivity index is 1.89. The summed E-state index contributed by atoms with van der Waals surface area (Å²) in [6.07, 6.45) is 3.71. The van der Waals surface area contributed by atoms with Crippen molar-refractivity contribution in [3.05, 3.63) is 30.1 Å². The topological polar surface area (TPSA) is 12.0 Å². The summed E-state index contributed by atoms with van der Waals surface area (Å²) in [6, 6.07) is 7.53. The fourth-order valence-electron chi connectivity index (χ4n) is 2.60. The van der Waals surface area contributed by atoms with Gasteiger partial charge in [0, 0.05) is 16.2 Å². The first-order valence-electron chi connectivity index (χ1n) is 6.86. The number of thioether (sulfide) groups is 1. The lowest BCUT2D eigenvalue weighted by Gasteiger charge is -2.21. The summed E-state index contributed by atoms with van der Waals surface area (Å²) in [7, 11) is 0. The van der Waals surface area contributed by atoms with Gasteiger partial charge in [0.05, 0.1) is 0 Å². The molecule has 1 aromatic rings. The van der Waals surface area contributed by atoms with Crippen LogP contribution < -0.4 is 5.32 Å². The first-order chi connectivity index (χ1) is 8.70. The minimum atomic E-state index is -0.152. The van der Waals surface area contributed by atoms with Crippen LogP contribution in [0, 0.1) is 11.7 Å². The Bertz CT molecular complexity index is 365. The van der Waals surface area contributed by atoms with Crippen LogP contribution in [-0.4, -0.2) is 17.8 Å². The summed E-state index contributed by atoms with van der Waals surface area (Å²) >= 11 is 1.90. The highest BCUT2D eigenvalue weighted by atomic mass is 32.2. The minimum Gasteiger partial charge on any atom is -0.314 e. The Morgan fingerprint density at radius 2 is 2.00 bits per heavy atom. The molecule has 0 bridgehead atoms. The molecule has 100 valence electrons. The molecule has 0 aromatic heterocycles. The predicted molar refractivity (Wildman–Crippen MR) is 76.5 cm³/mol. The van der Waals surface area contributed by atoms with Gasteiger partial charge in [-0.1, -0.05) is 13.8 Å². The third-order valence-corrected chi connectivity index (χ3v) is 5.25. The fraction of sp³-hybridized carbons (Fsp3) is 0.600. The zero-order valence-electron chi connectivity index (χ0n) is 11.2. The van der Waals surface area contributed by atoms with Crippen molar-refractivity contribution in [1.82, 2.24) is 5.32 Å². The summed E-state index contributed by atoms with van der Waals surface area (Å²) in [6.45, 7) is 5.65. The van der Waals surface area contributed by atoms with Crippen LogP contribution in [0.25, 0.3) is 0 Å². The monoisotopic (exact) mass is 267 g/mol. The molecule has 1 aromatic carbocycles. The van der Waals surface area contributed by atoms with Crippen LogP contribution in [-0.2, 0) is 0 Å². The van der Waals surface area contributed by atoms with Gasteiger partial charge in [0.25, 0.3) is 0 Å². The van der Waals surface area contributed by atoms with E-state index in [0.29, 0.717) is 17.2 Å². The first kappa shape index (κ1) is 13.9. The quantitative estimate of drug-likeness (QED) is 0.862. The van der Waals surface area contributed by atoms with Gasteiger partial charge in [0.1, 0.15) is 5.82 Å². The number of hydrogen-bond donors (Lipinski definition) is 1. The molecule has 1 fully saturated rings. The van der Waals surface area contributed by atoms with Gasteiger partial charge >= 0.3 is 0 Å². The molecule has 0 heterocycles. The first-order valence-corrected chi connectivity index (χ1v) is 7.74. The van der Waals surface area contributed by atoms with Crippen LogP contribution in [0.2, 0.25) is 0 Å². The lowest BCUT2D eigenvalue weighted by Crippen LogP contribution is -2.33. The largest absolute Gasteiger partial charge is 0.314 e. The molecule has 3 heteroatoms. The molecule has 0 saturated heterocycles. The number of nitrogens with one attached hydrogen (secondary N) is 1. The summed E-state index contributed by atoms with van der Waals surface area (Å²) < 4.78 is 12.9. The van der Waals surface area contributed by atoms with Gasteiger partial charge < -0.3 is 5.32 Å². The molecule has 2 rings (SSSR count). The van der Waals surface area contributed by atoms with E-state index >= 15 is 0 Å². The molecule has 0 amide bonds. The Morgan fingerprint density at radius 3 is 2.67 bits per heavy atom. The second kappa shape index (κ2) is 6.58. The molecule has 1 aliphatic carbocycles. The van der Waals surface area contributed by atoms with Crippen molar-refractivity contribution in [3.63, 3.8) is 0 Å². The van der Waals surface area contributed by atoms with Crippen LogP contribution in [0.4, 0.5) is 4.39 Å². The van der Waals surface area contributed by atoms with Gasteiger partial charge in [-0.25, -0.2) is 4.39 Å². The Hall–Kier alpha value is -0.540. The highest BCUT2D eigenvalue weighted by molar-refractivity contribution is 8.00. The van der Waals surface area contributed by atoms with Crippen molar-refractivity contribution < 1.29 is 4.39 Å². The predicted octanol–water partition coefficient (Wildman–Crippen LogP) is 4.08. The van der Waals surface area contributed by atoms with Crippen LogP contribution in [0.5, 0.6) is 0 Å². The average molecular weight is 267 g/mol. The normalized spacial score (nSPS) is 27.6. The maximum absolute atomic E-state index is 12.9. The van der Waals surface area contributed by atoms with Crippen LogP contribution in [0.1, 0.15) is 33.1 Å². The third-order valence-electron chi connectivity index (χ3n) is 3.74. The van der Waals surface area contributed by atoms with Crippen LogP contribution in [0.15, 0.2) is 29.2 Å². The van der Waals surface area contributed by atoms with E-state index in [4.69, 9.17) is 0 Å². The van der Waals surface area contributed by atoms with Gasteiger partial charge in [-0.05, 0) is 56.0 Å². The fourth-order valence-corrected chi connectivity index (χ4v) is 3.90.